The van der Waals surface area contributed by atoms with Crippen molar-refractivity contribution in [3.05, 3.63) is 29.3 Å². The molecule has 140 valence electrons. The molecule has 0 spiro atoms. The van der Waals surface area contributed by atoms with Crippen molar-refractivity contribution in [2.45, 2.75) is 18.7 Å². The normalized spacial score (nSPS) is 16.2. The quantitative estimate of drug-likeness (QED) is 0.751. The summed E-state index contributed by atoms with van der Waals surface area (Å²) in [5.41, 5.74) is 1.54. The third-order valence-corrected chi connectivity index (χ3v) is 6.20. The number of hydrogen-bond acceptors (Lipinski definition) is 5. The highest BCUT2D eigenvalue weighted by molar-refractivity contribution is 7.89. The minimum absolute atomic E-state index is 0.196. The summed E-state index contributed by atoms with van der Waals surface area (Å²) in [6, 6.07) is 5.28. The Labute approximate surface area is 150 Å². The largest absolute Gasteiger partial charge is 0.379 e. The van der Waals surface area contributed by atoms with Gasteiger partial charge >= 0.3 is 0 Å². The van der Waals surface area contributed by atoms with Gasteiger partial charge in [-0.15, -0.1) is 0 Å². The van der Waals surface area contributed by atoms with Crippen LogP contribution in [0.1, 0.15) is 11.1 Å². The summed E-state index contributed by atoms with van der Waals surface area (Å²) in [6.07, 6.45) is 0. The number of carbonyl (C=O) groups excluding carboxylic acids is 1. The molecule has 1 aromatic rings. The molecule has 1 aliphatic heterocycles. The molecule has 1 aromatic carbocycles. The number of nitrogens with one attached hydrogen (secondary N) is 1. The molecule has 0 bridgehead atoms. The average molecular weight is 369 g/mol. The topological polar surface area (TPSA) is 79.0 Å². The Morgan fingerprint density at radius 1 is 1.28 bits per heavy atom. The zero-order chi connectivity index (χ0) is 18.4. The Morgan fingerprint density at radius 2 is 1.96 bits per heavy atom. The number of morpholine rings is 1. The Hall–Kier alpha value is -1.48. The first-order valence-electron chi connectivity index (χ1n) is 8.41. The lowest BCUT2D eigenvalue weighted by Gasteiger charge is -2.26. The van der Waals surface area contributed by atoms with Crippen LogP contribution in [0.2, 0.25) is 0 Å². The van der Waals surface area contributed by atoms with Gasteiger partial charge in [-0.05, 0) is 31.0 Å². The lowest BCUT2D eigenvalue weighted by Crippen LogP contribution is -2.43. The van der Waals surface area contributed by atoms with Gasteiger partial charge in [-0.2, -0.15) is 4.31 Å². The maximum Gasteiger partial charge on any atom is 0.243 e. The smallest absolute Gasteiger partial charge is 0.243 e. The van der Waals surface area contributed by atoms with E-state index in [0.717, 1.165) is 29.5 Å². The van der Waals surface area contributed by atoms with Gasteiger partial charge < -0.3 is 10.1 Å². The van der Waals surface area contributed by atoms with Gasteiger partial charge in [0.15, 0.2) is 0 Å². The van der Waals surface area contributed by atoms with Crippen LogP contribution in [0, 0.1) is 13.8 Å². The first-order valence-corrected chi connectivity index (χ1v) is 9.85. The minimum Gasteiger partial charge on any atom is -0.379 e. The molecule has 0 aliphatic carbocycles. The van der Waals surface area contributed by atoms with Crippen molar-refractivity contribution in [3.8, 4) is 0 Å². The fourth-order valence-electron chi connectivity index (χ4n) is 2.67. The van der Waals surface area contributed by atoms with Gasteiger partial charge in [-0.1, -0.05) is 12.1 Å². The predicted octanol–water partition coefficient (Wildman–Crippen LogP) is 0.372. The molecule has 1 heterocycles. The maximum atomic E-state index is 12.7. The molecule has 1 amide bonds. The highest BCUT2D eigenvalue weighted by Gasteiger charge is 2.24. The summed E-state index contributed by atoms with van der Waals surface area (Å²) >= 11 is 0. The number of benzene rings is 1. The molecular formula is C17H27N3O4S. The molecule has 0 aromatic heterocycles. The predicted molar refractivity (Wildman–Crippen MR) is 96.0 cm³/mol. The molecule has 2 rings (SSSR count). The summed E-state index contributed by atoms with van der Waals surface area (Å²) in [4.78, 5) is 14.5. The number of carbonyl (C=O) groups is 1. The van der Waals surface area contributed by atoms with E-state index in [1.807, 2.05) is 13.0 Å². The van der Waals surface area contributed by atoms with Crippen molar-refractivity contribution >= 4 is 15.9 Å². The number of rotatable bonds is 7. The summed E-state index contributed by atoms with van der Waals surface area (Å²) in [6.45, 7) is 7.78. The number of hydrogen-bond donors (Lipinski definition) is 1. The molecular weight excluding hydrogens is 342 g/mol. The Bertz CT molecular complexity index is 700. The van der Waals surface area contributed by atoms with Gasteiger partial charge in [0, 0.05) is 33.2 Å². The van der Waals surface area contributed by atoms with Crippen LogP contribution < -0.4 is 5.32 Å². The molecule has 25 heavy (non-hydrogen) atoms. The lowest BCUT2D eigenvalue weighted by atomic mass is 10.2. The number of amides is 1. The van der Waals surface area contributed by atoms with E-state index in [2.05, 4.69) is 10.2 Å². The standard InChI is InChI=1S/C17H27N3O4S/c1-14-4-5-15(2)16(12-14)25(22,23)19(3)13-17(21)18-6-7-20-8-10-24-11-9-20/h4-5,12H,6-11,13H2,1-3H3,(H,18,21). The third-order valence-electron chi connectivity index (χ3n) is 4.25. The Kier molecular flexibility index (Phi) is 6.95. The molecule has 1 aliphatic rings. The van der Waals surface area contributed by atoms with Gasteiger partial charge in [-0.3, -0.25) is 9.69 Å². The monoisotopic (exact) mass is 369 g/mol. The van der Waals surface area contributed by atoms with Crippen molar-refractivity contribution in [2.24, 2.45) is 0 Å². The molecule has 0 saturated carbocycles. The summed E-state index contributed by atoms with van der Waals surface area (Å²) in [5, 5.41) is 2.78. The van der Waals surface area contributed by atoms with Gasteiger partial charge in [0.1, 0.15) is 0 Å². The van der Waals surface area contributed by atoms with Crippen LogP contribution in [0.4, 0.5) is 0 Å². The zero-order valence-electron chi connectivity index (χ0n) is 15.1. The van der Waals surface area contributed by atoms with Crippen LogP contribution in [0.5, 0.6) is 0 Å². The highest BCUT2D eigenvalue weighted by atomic mass is 32.2. The SMILES string of the molecule is Cc1ccc(C)c(S(=O)(=O)N(C)CC(=O)NCCN2CCOCC2)c1. The molecule has 7 nitrogen and oxygen atoms in total. The second-order valence-electron chi connectivity index (χ2n) is 6.33. The van der Waals surface area contributed by atoms with Gasteiger partial charge in [0.05, 0.1) is 24.7 Å². The first kappa shape index (κ1) is 19.8. The fourth-order valence-corrected chi connectivity index (χ4v) is 4.11. The van der Waals surface area contributed by atoms with Crippen molar-refractivity contribution in [1.29, 1.82) is 0 Å². The summed E-state index contributed by atoms with van der Waals surface area (Å²) in [7, 11) is -2.26. The first-order chi connectivity index (χ1) is 11.8. The number of likely N-dealkylation sites (N-methyl/N-ethyl adjacent to an activating group) is 1. The van der Waals surface area contributed by atoms with Gasteiger partial charge in [0.2, 0.25) is 15.9 Å². The lowest BCUT2D eigenvalue weighted by molar-refractivity contribution is -0.121. The van der Waals surface area contributed by atoms with E-state index in [1.54, 1.807) is 19.1 Å². The number of nitrogens with zero attached hydrogens (tertiary/aromatic N) is 2. The van der Waals surface area contributed by atoms with E-state index < -0.39 is 10.0 Å². The van der Waals surface area contributed by atoms with E-state index in [-0.39, 0.29) is 17.3 Å². The molecule has 0 radical (unpaired) electrons. The zero-order valence-corrected chi connectivity index (χ0v) is 15.9. The van der Waals surface area contributed by atoms with E-state index in [4.69, 9.17) is 4.74 Å². The second-order valence-corrected chi connectivity index (χ2v) is 8.35. The van der Waals surface area contributed by atoms with Crippen LogP contribution in [-0.2, 0) is 19.6 Å². The van der Waals surface area contributed by atoms with E-state index in [0.29, 0.717) is 25.3 Å². The number of ether oxygens (including phenoxy) is 1. The van der Waals surface area contributed by atoms with Crippen LogP contribution in [0.25, 0.3) is 0 Å². The average Bonchev–Trinajstić information content (AvgIpc) is 2.57. The molecule has 8 heteroatoms. The maximum absolute atomic E-state index is 12.7. The van der Waals surface area contributed by atoms with Crippen LogP contribution in [0.15, 0.2) is 23.1 Å². The Morgan fingerprint density at radius 3 is 2.64 bits per heavy atom. The molecule has 1 saturated heterocycles. The van der Waals surface area contributed by atoms with E-state index >= 15 is 0 Å². The summed E-state index contributed by atoms with van der Waals surface area (Å²) in [5.74, 6) is -0.301. The minimum atomic E-state index is -3.69. The second kappa shape index (κ2) is 8.75. The molecule has 0 unspecified atom stereocenters. The highest BCUT2D eigenvalue weighted by Crippen LogP contribution is 2.20. The fraction of sp³-hybridized carbons (Fsp3) is 0.588. The summed E-state index contributed by atoms with van der Waals surface area (Å²) < 4.78 is 31.7. The van der Waals surface area contributed by atoms with Gasteiger partial charge in [-0.25, -0.2) is 8.42 Å². The number of aryl methyl sites for hydroxylation is 2. The number of sulfonamides is 1. The van der Waals surface area contributed by atoms with Crippen molar-refractivity contribution in [1.82, 2.24) is 14.5 Å². The van der Waals surface area contributed by atoms with Crippen molar-refractivity contribution < 1.29 is 17.9 Å². The van der Waals surface area contributed by atoms with E-state index in [9.17, 15) is 13.2 Å². The molecule has 1 fully saturated rings. The Balaban J connectivity index is 1.88. The molecule has 0 atom stereocenters. The van der Waals surface area contributed by atoms with E-state index in [1.165, 1.54) is 7.05 Å². The van der Waals surface area contributed by atoms with Crippen LogP contribution in [-0.4, -0.2) is 76.5 Å². The third kappa shape index (κ3) is 5.50. The van der Waals surface area contributed by atoms with Crippen molar-refractivity contribution in [3.63, 3.8) is 0 Å². The van der Waals surface area contributed by atoms with Crippen LogP contribution >= 0.6 is 0 Å². The van der Waals surface area contributed by atoms with Crippen LogP contribution in [0.3, 0.4) is 0 Å². The van der Waals surface area contributed by atoms with Gasteiger partial charge in [0.25, 0.3) is 0 Å². The van der Waals surface area contributed by atoms with Crippen molar-refractivity contribution in [2.75, 3.05) is 53.0 Å². The molecule has 1 N–H and O–H groups in total.